The van der Waals surface area contributed by atoms with Gasteiger partial charge in [-0.1, -0.05) is 29.8 Å². The smallest absolute Gasteiger partial charge is 0.283 e. The van der Waals surface area contributed by atoms with Crippen LogP contribution in [0.1, 0.15) is 37.7 Å². The zero-order chi connectivity index (χ0) is 17.4. The lowest BCUT2D eigenvalue weighted by Crippen LogP contribution is -2.63. The van der Waals surface area contributed by atoms with E-state index in [1.807, 2.05) is 24.3 Å². The van der Waals surface area contributed by atoms with E-state index in [2.05, 4.69) is 10.3 Å². The van der Waals surface area contributed by atoms with Crippen LogP contribution in [0.5, 0.6) is 0 Å². The average molecular weight is 352 g/mol. The normalized spacial score (nSPS) is 30.1. The summed E-state index contributed by atoms with van der Waals surface area (Å²) in [6, 6.07) is 7.50. The van der Waals surface area contributed by atoms with Crippen molar-refractivity contribution in [2.75, 3.05) is 20.6 Å². The van der Waals surface area contributed by atoms with Gasteiger partial charge in [0, 0.05) is 36.3 Å². The number of hydrogen-bond acceptors (Lipinski definition) is 3. The molecule has 0 bridgehead atoms. The Balaban J connectivity index is 2.15. The van der Waals surface area contributed by atoms with E-state index in [0.717, 1.165) is 30.5 Å². The monoisotopic (exact) mass is 351 g/mol. The van der Waals surface area contributed by atoms with Crippen LogP contribution in [0.3, 0.4) is 0 Å². The first-order chi connectivity index (χ1) is 11.5. The number of carbonyl (C=O) groups excluding carboxylic acids is 1. The third-order valence-electron chi connectivity index (χ3n) is 5.22. The fourth-order valence-corrected chi connectivity index (χ4v) is 4.24. The van der Waals surface area contributed by atoms with Crippen molar-refractivity contribution in [1.29, 1.82) is 0 Å². The molecule has 0 radical (unpaired) electrons. The van der Waals surface area contributed by atoms with Crippen LogP contribution in [0.25, 0.3) is 0 Å². The van der Waals surface area contributed by atoms with Gasteiger partial charge in [0.1, 0.15) is 5.54 Å². The number of halogens is 2. The topological polar surface area (TPSA) is 44.7 Å². The van der Waals surface area contributed by atoms with Crippen molar-refractivity contribution >= 4 is 23.2 Å². The minimum absolute atomic E-state index is 0.0365. The van der Waals surface area contributed by atoms with Crippen molar-refractivity contribution in [3.05, 3.63) is 34.9 Å². The van der Waals surface area contributed by atoms with Gasteiger partial charge in [-0.3, -0.25) is 4.79 Å². The molecule has 1 aromatic carbocycles. The molecule has 1 aliphatic heterocycles. The minimum atomic E-state index is -2.19. The highest BCUT2D eigenvalue weighted by atomic mass is 35.5. The van der Waals surface area contributed by atoms with Crippen LogP contribution in [0.2, 0.25) is 5.02 Å². The van der Waals surface area contributed by atoms with Gasteiger partial charge >= 0.3 is 0 Å². The molecule has 6 heteroatoms. The van der Waals surface area contributed by atoms with E-state index in [4.69, 9.17) is 11.6 Å². The maximum Gasteiger partial charge on any atom is 0.283 e. The Morgan fingerprint density at radius 1 is 1.38 bits per heavy atom. The zero-order valence-electron chi connectivity index (χ0n) is 14.1. The highest BCUT2D eigenvalue weighted by Crippen LogP contribution is 2.47. The minimum Gasteiger partial charge on any atom is -0.326 e. The molecule has 1 aromatic rings. The summed E-state index contributed by atoms with van der Waals surface area (Å²) in [5.74, 6) is -2.77. The first kappa shape index (κ1) is 17.4. The average Bonchev–Trinajstić information content (AvgIpc) is 2.59. The third-order valence-corrected chi connectivity index (χ3v) is 5.55. The summed E-state index contributed by atoms with van der Waals surface area (Å²) in [7, 11) is 3.42. The van der Waals surface area contributed by atoms with Gasteiger partial charge < -0.3 is 10.2 Å². The van der Waals surface area contributed by atoms with Crippen molar-refractivity contribution in [2.45, 2.75) is 43.4 Å². The first-order valence-corrected chi connectivity index (χ1v) is 8.79. The summed E-state index contributed by atoms with van der Waals surface area (Å²) >= 11 is 6.44. The summed E-state index contributed by atoms with van der Waals surface area (Å²) in [6.07, 6.45) is 3.36. The van der Waals surface area contributed by atoms with E-state index in [-0.39, 0.29) is 6.42 Å². The second-order valence-electron chi connectivity index (χ2n) is 6.58. The number of aliphatic imine (C=N–C) groups is 1. The van der Waals surface area contributed by atoms with E-state index >= 15 is 4.39 Å². The van der Waals surface area contributed by atoms with Crippen LogP contribution in [0.4, 0.5) is 4.39 Å². The number of carbonyl (C=O) groups is 1. The lowest BCUT2D eigenvalue weighted by molar-refractivity contribution is -0.149. The number of rotatable bonds is 4. The molecule has 4 nitrogen and oxygen atoms in total. The fraction of sp³-hybridized carbons (Fsp3) is 0.556. The van der Waals surface area contributed by atoms with Crippen LogP contribution in [0.15, 0.2) is 29.3 Å². The number of alkyl halides is 1. The summed E-state index contributed by atoms with van der Waals surface area (Å²) in [5, 5.41) is 3.49. The number of hydrogen-bond donors (Lipinski definition) is 1. The SMILES string of the molecule is CNCCC1(F)N=C2CCCCC2(c2ccccc2Cl)N(C)C1=O. The summed E-state index contributed by atoms with van der Waals surface area (Å²) in [6.45, 7) is 0.395. The predicted molar refractivity (Wildman–Crippen MR) is 94.2 cm³/mol. The number of amides is 1. The van der Waals surface area contributed by atoms with Crippen molar-refractivity contribution in [3.63, 3.8) is 0 Å². The van der Waals surface area contributed by atoms with E-state index in [9.17, 15) is 4.79 Å². The Morgan fingerprint density at radius 2 is 2.12 bits per heavy atom. The Hall–Kier alpha value is -1.46. The first-order valence-electron chi connectivity index (χ1n) is 8.42. The molecule has 2 atom stereocenters. The molecule has 0 aromatic heterocycles. The number of nitrogens with zero attached hydrogens (tertiary/aromatic N) is 2. The standard InChI is InChI=1S/C18H23ClFN3O/c1-21-12-11-18(20)16(24)23(2)17(10-6-5-9-15(17)22-18)13-7-3-4-8-14(13)19/h3-4,7-8,21H,5-6,9-12H2,1-2H3. The zero-order valence-corrected chi connectivity index (χ0v) is 14.9. The van der Waals surface area contributed by atoms with Gasteiger partial charge in [0.15, 0.2) is 0 Å². The molecule has 1 saturated carbocycles. The second-order valence-corrected chi connectivity index (χ2v) is 6.99. The van der Waals surface area contributed by atoms with E-state index < -0.39 is 17.2 Å². The van der Waals surface area contributed by atoms with E-state index in [1.54, 1.807) is 19.0 Å². The Labute approximate surface area is 147 Å². The largest absolute Gasteiger partial charge is 0.326 e. The Kier molecular flexibility index (Phi) is 4.67. The lowest BCUT2D eigenvalue weighted by Gasteiger charge is -2.51. The fourth-order valence-electron chi connectivity index (χ4n) is 3.95. The quantitative estimate of drug-likeness (QED) is 0.846. The highest BCUT2D eigenvalue weighted by Gasteiger charge is 2.56. The van der Waals surface area contributed by atoms with Gasteiger partial charge in [0.05, 0.1) is 0 Å². The van der Waals surface area contributed by atoms with Gasteiger partial charge in [-0.25, -0.2) is 9.38 Å². The van der Waals surface area contributed by atoms with E-state index in [0.29, 0.717) is 18.0 Å². The molecule has 2 aliphatic rings. The van der Waals surface area contributed by atoms with Crippen LogP contribution in [0, 0.1) is 0 Å². The molecule has 1 N–H and O–H groups in total. The van der Waals surface area contributed by atoms with Gasteiger partial charge in [-0.2, -0.15) is 0 Å². The number of likely N-dealkylation sites (N-methyl/N-ethyl adjacent to an activating group) is 1. The molecule has 1 amide bonds. The van der Waals surface area contributed by atoms with Gasteiger partial charge in [0.2, 0.25) is 0 Å². The predicted octanol–water partition coefficient (Wildman–Crippen LogP) is 3.30. The summed E-state index contributed by atoms with van der Waals surface area (Å²) in [4.78, 5) is 18.8. The van der Waals surface area contributed by atoms with Crippen LogP contribution in [-0.4, -0.2) is 43.0 Å². The van der Waals surface area contributed by atoms with Gasteiger partial charge in [-0.15, -0.1) is 0 Å². The van der Waals surface area contributed by atoms with Crippen LogP contribution >= 0.6 is 11.6 Å². The molecular weight excluding hydrogens is 329 g/mol. The molecule has 1 heterocycles. The number of fused-ring (bicyclic) bond motifs is 1. The maximum absolute atomic E-state index is 15.3. The molecular formula is C18H23ClFN3O. The van der Waals surface area contributed by atoms with Gasteiger partial charge in [0.25, 0.3) is 11.7 Å². The van der Waals surface area contributed by atoms with Crippen LogP contribution < -0.4 is 5.32 Å². The Bertz CT molecular complexity index is 680. The third kappa shape index (κ3) is 2.54. The van der Waals surface area contributed by atoms with Gasteiger partial charge in [-0.05, 0) is 38.8 Å². The van der Waals surface area contributed by atoms with Crippen molar-refractivity contribution < 1.29 is 9.18 Å². The van der Waals surface area contributed by atoms with E-state index in [1.165, 1.54) is 0 Å². The van der Waals surface area contributed by atoms with Crippen molar-refractivity contribution in [3.8, 4) is 0 Å². The maximum atomic E-state index is 15.3. The molecule has 1 aliphatic carbocycles. The second kappa shape index (κ2) is 6.45. The summed E-state index contributed by atoms with van der Waals surface area (Å²) < 4.78 is 15.3. The number of nitrogens with one attached hydrogen (secondary N) is 1. The van der Waals surface area contributed by atoms with Crippen LogP contribution in [-0.2, 0) is 10.3 Å². The molecule has 3 rings (SSSR count). The molecule has 0 saturated heterocycles. The number of benzene rings is 1. The summed E-state index contributed by atoms with van der Waals surface area (Å²) in [5.41, 5.74) is 0.863. The molecule has 1 fully saturated rings. The van der Waals surface area contributed by atoms with Crippen molar-refractivity contribution in [2.24, 2.45) is 4.99 Å². The lowest BCUT2D eigenvalue weighted by atomic mass is 9.72. The molecule has 2 unspecified atom stereocenters. The van der Waals surface area contributed by atoms with Crippen molar-refractivity contribution in [1.82, 2.24) is 10.2 Å². The molecule has 0 spiro atoms. The molecule has 130 valence electrons. The molecule has 24 heavy (non-hydrogen) atoms. The Morgan fingerprint density at radius 3 is 2.83 bits per heavy atom. The highest BCUT2D eigenvalue weighted by molar-refractivity contribution is 6.32.